The number of anilines is 1. The molecule has 11 heteroatoms. The molecule has 1 amide bonds. The number of Topliss-reactive ketones (excluding diaryl/α,β-unsaturated/α-hetero) is 2. The molecule has 0 saturated heterocycles. The van der Waals surface area contributed by atoms with Crippen LogP contribution in [0.4, 0.5) is 5.95 Å². The molecule has 1 saturated carbocycles. The second kappa shape index (κ2) is 7.12. The van der Waals surface area contributed by atoms with Gasteiger partial charge < -0.3 is 31.9 Å². The van der Waals surface area contributed by atoms with Crippen molar-refractivity contribution >= 4 is 29.2 Å². The summed E-state index contributed by atoms with van der Waals surface area (Å²) < 4.78 is 0. The molecule has 0 unspecified atom stereocenters. The van der Waals surface area contributed by atoms with Gasteiger partial charge in [-0.1, -0.05) is 6.07 Å². The summed E-state index contributed by atoms with van der Waals surface area (Å²) in [6.07, 6.45) is 2.84. The van der Waals surface area contributed by atoms with Gasteiger partial charge >= 0.3 is 0 Å². The van der Waals surface area contributed by atoms with Crippen LogP contribution in [0.1, 0.15) is 24.0 Å². The molecule has 1 aromatic carbocycles. The lowest BCUT2D eigenvalue weighted by Crippen LogP contribution is -2.58. The Morgan fingerprint density at radius 2 is 1.76 bits per heavy atom. The fraction of sp³-hybridized carbons (Fsp3) is 0.261. The minimum Gasteiger partial charge on any atom is -0.508 e. The Morgan fingerprint density at radius 1 is 1.09 bits per heavy atom. The number of ketones is 2. The van der Waals surface area contributed by atoms with Gasteiger partial charge in [0.05, 0.1) is 5.56 Å². The Morgan fingerprint density at radius 3 is 2.41 bits per heavy atom. The third-order valence-electron chi connectivity index (χ3n) is 6.93. The van der Waals surface area contributed by atoms with Crippen LogP contribution in [0, 0.1) is 11.8 Å². The van der Waals surface area contributed by atoms with Crippen molar-refractivity contribution in [3.05, 3.63) is 52.6 Å². The maximum atomic E-state index is 13.5. The number of nitrogens with two attached hydrogens (primary N) is 2. The van der Waals surface area contributed by atoms with Crippen LogP contribution in [0.5, 0.6) is 5.75 Å². The van der Waals surface area contributed by atoms with Gasteiger partial charge in [0.25, 0.3) is 5.91 Å². The molecule has 3 aliphatic rings. The third-order valence-corrected chi connectivity index (χ3v) is 6.93. The first kappa shape index (κ1) is 21.6. The highest BCUT2D eigenvalue weighted by atomic mass is 16.3. The van der Waals surface area contributed by atoms with Crippen LogP contribution in [0.2, 0.25) is 0 Å². The number of amides is 1. The van der Waals surface area contributed by atoms with Gasteiger partial charge in [0, 0.05) is 35.9 Å². The molecule has 1 aromatic heterocycles. The number of aliphatic hydroxyl groups excluding tert-OH is 2. The molecule has 0 spiro atoms. The normalized spacial score (nSPS) is 26.1. The predicted molar refractivity (Wildman–Crippen MR) is 117 cm³/mol. The second-order valence-electron chi connectivity index (χ2n) is 8.72. The minimum absolute atomic E-state index is 0.00135. The molecular formula is C23H20N4O7. The van der Waals surface area contributed by atoms with Crippen LogP contribution in [-0.4, -0.2) is 53.5 Å². The lowest BCUT2D eigenvalue weighted by molar-refractivity contribution is -0.147. The van der Waals surface area contributed by atoms with Crippen LogP contribution in [0.25, 0.3) is 16.9 Å². The van der Waals surface area contributed by atoms with E-state index >= 15 is 0 Å². The number of rotatable bonds is 2. The predicted octanol–water partition coefficient (Wildman–Crippen LogP) is 0.463. The summed E-state index contributed by atoms with van der Waals surface area (Å²) in [6, 6.07) is 2.97. The Kier molecular flexibility index (Phi) is 4.52. The van der Waals surface area contributed by atoms with Crippen LogP contribution in [0.3, 0.4) is 0 Å². The van der Waals surface area contributed by atoms with Gasteiger partial charge in [-0.05, 0) is 36.0 Å². The second-order valence-corrected chi connectivity index (χ2v) is 8.72. The van der Waals surface area contributed by atoms with E-state index in [0.717, 1.165) is 0 Å². The van der Waals surface area contributed by atoms with Gasteiger partial charge in [-0.3, -0.25) is 14.4 Å². The van der Waals surface area contributed by atoms with Crippen LogP contribution >= 0.6 is 0 Å². The summed E-state index contributed by atoms with van der Waals surface area (Å²) in [7, 11) is 0. The number of primary amides is 1. The number of aromatic hydroxyl groups is 1. The molecule has 3 aliphatic carbocycles. The number of nitrogens with zero attached hydrogens (tertiary/aromatic N) is 2. The van der Waals surface area contributed by atoms with Crippen LogP contribution in [0.15, 0.2) is 41.4 Å². The molecule has 34 heavy (non-hydrogen) atoms. The summed E-state index contributed by atoms with van der Waals surface area (Å²) in [6.45, 7) is 0. The first-order valence-corrected chi connectivity index (χ1v) is 10.5. The molecule has 1 heterocycles. The SMILES string of the molecule is NC(=O)C1=C(O)[C@@]2(O)C(=O)C3=C(O)c4c(O)ccc(-c5cnc(N)nc5)c4C[C@H]3C[C@H]2CC1=O. The number of fused-ring (bicyclic) bond motifs is 3. The molecule has 11 nitrogen and oxygen atoms in total. The van der Waals surface area contributed by atoms with Gasteiger partial charge in [-0.25, -0.2) is 9.97 Å². The number of phenolic OH excluding ortho intramolecular Hbond substituents is 1. The zero-order chi connectivity index (χ0) is 24.5. The number of phenols is 1. The number of hydrogen-bond acceptors (Lipinski definition) is 10. The molecular weight excluding hydrogens is 444 g/mol. The van der Waals surface area contributed by atoms with Gasteiger partial charge in [0.2, 0.25) is 11.7 Å². The molecule has 5 rings (SSSR count). The van der Waals surface area contributed by atoms with E-state index < -0.39 is 52.0 Å². The van der Waals surface area contributed by atoms with E-state index in [2.05, 4.69) is 9.97 Å². The van der Waals surface area contributed by atoms with Gasteiger partial charge in [0.1, 0.15) is 22.8 Å². The number of hydrogen-bond donors (Lipinski definition) is 6. The summed E-state index contributed by atoms with van der Waals surface area (Å²) in [4.78, 5) is 45.6. The van der Waals surface area contributed by atoms with Crippen LogP contribution in [-0.2, 0) is 20.8 Å². The number of benzene rings is 1. The summed E-state index contributed by atoms with van der Waals surface area (Å²) in [5.41, 5.74) is 8.84. The van der Waals surface area contributed by atoms with Crippen molar-refractivity contribution in [2.75, 3.05) is 5.73 Å². The highest BCUT2D eigenvalue weighted by Gasteiger charge is 2.60. The minimum atomic E-state index is -2.59. The maximum absolute atomic E-state index is 13.5. The molecule has 0 aliphatic heterocycles. The number of carbonyl (C=O) groups excluding carboxylic acids is 3. The van der Waals surface area contributed by atoms with Crippen LogP contribution < -0.4 is 11.5 Å². The van der Waals surface area contributed by atoms with Crippen molar-refractivity contribution < 1.29 is 34.8 Å². The first-order valence-electron chi connectivity index (χ1n) is 10.5. The number of aliphatic hydroxyl groups is 3. The Hall–Kier alpha value is -4.25. The quantitative estimate of drug-likeness (QED) is 0.338. The molecule has 2 aromatic rings. The van der Waals surface area contributed by atoms with E-state index in [1.54, 1.807) is 6.07 Å². The molecule has 8 N–H and O–H groups in total. The highest BCUT2D eigenvalue weighted by Crippen LogP contribution is 2.52. The first-order chi connectivity index (χ1) is 16.1. The van der Waals surface area contributed by atoms with Crippen molar-refractivity contribution in [2.24, 2.45) is 17.6 Å². The van der Waals surface area contributed by atoms with Crippen molar-refractivity contribution in [1.29, 1.82) is 0 Å². The zero-order valence-electron chi connectivity index (χ0n) is 17.6. The lowest BCUT2D eigenvalue weighted by Gasteiger charge is -2.46. The Bertz CT molecular complexity index is 1360. The molecule has 0 radical (unpaired) electrons. The topological polar surface area (TPSA) is 210 Å². The summed E-state index contributed by atoms with van der Waals surface area (Å²) in [5.74, 6) is -6.60. The van der Waals surface area contributed by atoms with Gasteiger partial charge in [-0.15, -0.1) is 0 Å². The Balaban J connectivity index is 1.70. The van der Waals surface area contributed by atoms with Gasteiger partial charge in [0.15, 0.2) is 11.4 Å². The number of aromatic nitrogens is 2. The lowest BCUT2D eigenvalue weighted by atomic mass is 9.59. The fourth-order valence-corrected chi connectivity index (χ4v) is 5.37. The molecule has 3 atom stereocenters. The van der Waals surface area contributed by atoms with Crippen molar-refractivity contribution in [3.63, 3.8) is 0 Å². The fourth-order valence-electron chi connectivity index (χ4n) is 5.37. The number of carbonyl (C=O) groups is 3. The molecule has 174 valence electrons. The van der Waals surface area contributed by atoms with Crippen molar-refractivity contribution in [2.45, 2.75) is 24.9 Å². The van der Waals surface area contributed by atoms with E-state index in [9.17, 15) is 34.8 Å². The maximum Gasteiger partial charge on any atom is 0.255 e. The summed E-state index contributed by atoms with van der Waals surface area (Å²) >= 11 is 0. The monoisotopic (exact) mass is 464 g/mol. The molecule has 0 bridgehead atoms. The zero-order valence-corrected chi connectivity index (χ0v) is 17.6. The van der Waals surface area contributed by atoms with E-state index in [1.165, 1.54) is 18.5 Å². The summed E-state index contributed by atoms with van der Waals surface area (Å²) in [5, 5.41) is 43.5. The average Bonchev–Trinajstić information content (AvgIpc) is 2.77. The van der Waals surface area contributed by atoms with Crippen molar-refractivity contribution in [3.8, 4) is 16.9 Å². The Labute approximate surface area is 192 Å². The highest BCUT2D eigenvalue weighted by molar-refractivity contribution is 6.22. The van der Waals surface area contributed by atoms with E-state index in [-0.39, 0.29) is 42.1 Å². The smallest absolute Gasteiger partial charge is 0.255 e. The average molecular weight is 464 g/mol. The van der Waals surface area contributed by atoms with E-state index in [1.807, 2.05) is 0 Å². The van der Waals surface area contributed by atoms with E-state index in [0.29, 0.717) is 16.7 Å². The van der Waals surface area contributed by atoms with Crippen molar-refractivity contribution in [1.82, 2.24) is 9.97 Å². The van der Waals surface area contributed by atoms with E-state index in [4.69, 9.17) is 11.5 Å². The number of nitrogen functional groups attached to an aromatic ring is 1. The third kappa shape index (κ3) is 2.76. The standard InChI is InChI=1S/C23H20N4O7/c24-21(33)17-14(29)5-10-3-8-4-12-11(9-6-26-22(25)27-7-9)1-2-13(28)16(12)18(30)15(8)19(31)23(10,34)20(17)32/h1-2,6-8,10,28,30,32,34H,3-5H2,(H2,24,33)(H2,25,26,27)/t8-,10+,23+/m1/s1. The largest absolute Gasteiger partial charge is 0.508 e. The van der Waals surface area contributed by atoms with Gasteiger partial charge in [-0.2, -0.15) is 0 Å². The molecule has 1 fully saturated rings.